The number of ether oxygens (including phenoxy) is 2. The zero-order chi connectivity index (χ0) is 24.7. The molecule has 1 N–H and O–H groups in total. The van der Waals surface area contributed by atoms with E-state index < -0.39 is 6.04 Å². The van der Waals surface area contributed by atoms with Gasteiger partial charge in [0, 0.05) is 12.6 Å². The molecule has 0 heterocycles. The standard InChI is InChI=1S/C28H38N2O4/c1-20(27(32)29-22-12-6-7-13-22)30(18-21-11-10-14-23(17-21)33-5)26(31)19-34-25-16-9-8-15-24(25)28(2,3)4/h8-11,14-17,20,22H,6-7,12-13,18-19H2,1-5H3,(H,29,32)/t20-/m1/s1. The van der Waals surface area contributed by atoms with Crippen LogP contribution in [0.1, 0.15) is 64.5 Å². The summed E-state index contributed by atoms with van der Waals surface area (Å²) < 4.78 is 11.3. The molecule has 0 aromatic heterocycles. The third-order valence-corrected chi connectivity index (χ3v) is 6.40. The molecule has 2 aromatic carbocycles. The Bertz CT molecular complexity index is 976. The fourth-order valence-electron chi connectivity index (χ4n) is 4.38. The van der Waals surface area contributed by atoms with Crippen LogP contribution in [0.4, 0.5) is 0 Å². The molecule has 0 aliphatic heterocycles. The monoisotopic (exact) mass is 466 g/mol. The Hall–Kier alpha value is -3.02. The first kappa shape index (κ1) is 25.6. The van der Waals surface area contributed by atoms with Crippen molar-refractivity contribution in [2.24, 2.45) is 0 Å². The normalized spacial score (nSPS) is 15.0. The Labute approximate surface area is 203 Å². The van der Waals surface area contributed by atoms with Gasteiger partial charge in [-0.25, -0.2) is 0 Å². The Kier molecular flexibility index (Phi) is 8.59. The van der Waals surface area contributed by atoms with E-state index in [1.807, 2.05) is 48.5 Å². The van der Waals surface area contributed by atoms with Gasteiger partial charge in [-0.3, -0.25) is 9.59 Å². The van der Waals surface area contributed by atoms with Gasteiger partial charge in [-0.2, -0.15) is 0 Å². The number of hydrogen-bond donors (Lipinski definition) is 1. The van der Waals surface area contributed by atoms with Crippen LogP contribution < -0.4 is 14.8 Å². The van der Waals surface area contributed by atoms with Gasteiger partial charge in [0.1, 0.15) is 17.5 Å². The zero-order valence-corrected chi connectivity index (χ0v) is 21.1. The van der Waals surface area contributed by atoms with Crippen molar-refractivity contribution in [3.63, 3.8) is 0 Å². The minimum absolute atomic E-state index is 0.117. The number of para-hydroxylation sites is 1. The van der Waals surface area contributed by atoms with Crippen LogP contribution in [0.15, 0.2) is 48.5 Å². The van der Waals surface area contributed by atoms with Crippen molar-refractivity contribution in [3.8, 4) is 11.5 Å². The molecule has 1 saturated carbocycles. The fourth-order valence-corrected chi connectivity index (χ4v) is 4.38. The lowest BCUT2D eigenvalue weighted by molar-refractivity contribution is -0.142. The maximum atomic E-state index is 13.4. The van der Waals surface area contributed by atoms with Crippen LogP contribution in [0.2, 0.25) is 0 Å². The van der Waals surface area contributed by atoms with Crippen molar-refractivity contribution in [1.29, 1.82) is 0 Å². The summed E-state index contributed by atoms with van der Waals surface area (Å²) in [5.74, 6) is 1.04. The first-order chi connectivity index (χ1) is 16.2. The molecule has 34 heavy (non-hydrogen) atoms. The molecule has 1 aliphatic carbocycles. The maximum Gasteiger partial charge on any atom is 0.261 e. The third-order valence-electron chi connectivity index (χ3n) is 6.40. The molecule has 1 atom stereocenters. The largest absolute Gasteiger partial charge is 0.497 e. The van der Waals surface area contributed by atoms with Crippen LogP contribution in [0.5, 0.6) is 11.5 Å². The van der Waals surface area contributed by atoms with E-state index in [2.05, 4.69) is 26.1 Å². The predicted octanol–water partition coefficient (Wildman–Crippen LogP) is 4.85. The lowest BCUT2D eigenvalue weighted by atomic mass is 9.86. The van der Waals surface area contributed by atoms with E-state index in [4.69, 9.17) is 9.47 Å². The van der Waals surface area contributed by atoms with Gasteiger partial charge in [-0.05, 0) is 54.5 Å². The van der Waals surface area contributed by atoms with Gasteiger partial charge in [0.25, 0.3) is 5.91 Å². The number of rotatable bonds is 9. The van der Waals surface area contributed by atoms with Gasteiger partial charge in [0.15, 0.2) is 6.61 Å². The predicted molar refractivity (Wildman–Crippen MR) is 134 cm³/mol. The Morgan fingerprint density at radius 1 is 1.09 bits per heavy atom. The van der Waals surface area contributed by atoms with Gasteiger partial charge in [0.05, 0.1) is 7.11 Å². The average Bonchev–Trinajstić information content (AvgIpc) is 3.33. The summed E-state index contributed by atoms with van der Waals surface area (Å²) in [6.45, 7) is 8.27. The first-order valence-corrected chi connectivity index (χ1v) is 12.1. The van der Waals surface area contributed by atoms with Crippen LogP contribution in [-0.2, 0) is 21.5 Å². The number of benzene rings is 2. The number of methoxy groups -OCH3 is 1. The second-order valence-corrected chi connectivity index (χ2v) is 10.1. The third kappa shape index (κ3) is 6.75. The molecule has 184 valence electrons. The summed E-state index contributed by atoms with van der Waals surface area (Å²) in [7, 11) is 1.61. The minimum Gasteiger partial charge on any atom is -0.497 e. The molecule has 0 bridgehead atoms. The Morgan fingerprint density at radius 2 is 1.79 bits per heavy atom. The van der Waals surface area contributed by atoms with Gasteiger partial charge < -0.3 is 19.7 Å². The van der Waals surface area contributed by atoms with Crippen LogP contribution in [-0.4, -0.2) is 42.5 Å². The molecule has 0 radical (unpaired) electrons. The van der Waals surface area contributed by atoms with Gasteiger partial charge >= 0.3 is 0 Å². The maximum absolute atomic E-state index is 13.4. The number of nitrogens with zero attached hydrogens (tertiary/aromatic N) is 1. The van der Waals surface area contributed by atoms with Gasteiger partial charge in [-0.1, -0.05) is 63.9 Å². The van der Waals surface area contributed by atoms with E-state index >= 15 is 0 Å². The summed E-state index contributed by atoms with van der Waals surface area (Å²) in [6, 6.07) is 14.9. The summed E-state index contributed by atoms with van der Waals surface area (Å²) in [5.41, 5.74) is 1.81. The fraction of sp³-hybridized carbons (Fsp3) is 0.500. The number of carbonyl (C=O) groups is 2. The van der Waals surface area contributed by atoms with Crippen LogP contribution in [0.25, 0.3) is 0 Å². The Balaban J connectivity index is 1.77. The highest BCUT2D eigenvalue weighted by Gasteiger charge is 2.29. The molecule has 0 saturated heterocycles. The molecule has 2 amide bonds. The van der Waals surface area contributed by atoms with E-state index in [1.54, 1.807) is 18.9 Å². The molecule has 0 spiro atoms. The number of hydrogen-bond acceptors (Lipinski definition) is 4. The van der Waals surface area contributed by atoms with E-state index in [1.165, 1.54) is 0 Å². The molecule has 1 fully saturated rings. The lowest BCUT2D eigenvalue weighted by Crippen LogP contribution is -2.50. The highest BCUT2D eigenvalue weighted by Crippen LogP contribution is 2.31. The molecule has 1 aliphatic rings. The Morgan fingerprint density at radius 3 is 2.47 bits per heavy atom. The van der Waals surface area contributed by atoms with E-state index in [-0.39, 0.29) is 29.9 Å². The van der Waals surface area contributed by atoms with E-state index in [9.17, 15) is 9.59 Å². The van der Waals surface area contributed by atoms with Crippen molar-refractivity contribution < 1.29 is 19.1 Å². The van der Waals surface area contributed by atoms with Crippen molar-refractivity contribution >= 4 is 11.8 Å². The van der Waals surface area contributed by atoms with E-state index in [0.717, 1.165) is 36.8 Å². The quantitative estimate of drug-likeness (QED) is 0.574. The van der Waals surface area contributed by atoms with Crippen molar-refractivity contribution in [2.75, 3.05) is 13.7 Å². The highest BCUT2D eigenvalue weighted by atomic mass is 16.5. The number of nitrogens with one attached hydrogen (secondary N) is 1. The van der Waals surface area contributed by atoms with Crippen LogP contribution in [0.3, 0.4) is 0 Å². The lowest BCUT2D eigenvalue weighted by Gasteiger charge is -2.30. The van der Waals surface area contributed by atoms with Crippen LogP contribution >= 0.6 is 0 Å². The van der Waals surface area contributed by atoms with Crippen LogP contribution in [0, 0.1) is 0 Å². The molecule has 0 unspecified atom stereocenters. The topological polar surface area (TPSA) is 67.9 Å². The average molecular weight is 467 g/mol. The first-order valence-electron chi connectivity index (χ1n) is 12.1. The number of carbonyl (C=O) groups excluding carboxylic acids is 2. The highest BCUT2D eigenvalue weighted by molar-refractivity contribution is 5.88. The SMILES string of the molecule is COc1cccc(CN(C(=O)COc2ccccc2C(C)(C)C)[C@H](C)C(=O)NC2CCCC2)c1. The van der Waals surface area contributed by atoms with Crippen molar-refractivity contribution in [2.45, 2.75) is 77.4 Å². The molecule has 3 rings (SSSR count). The second-order valence-electron chi connectivity index (χ2n) is 10.1. The zero-order valence-electron chi connectivity index (χ0n) is 21.1. The summed E-state index contributed by atoms with van der Waals surface area (Å²) in [6.07, 6.45) is 4.25. The van der Waals surface area contributed by atoms with Crippen molar-refractivity contribution in [1.82, 2.24) is 10.2 Å². The molecular weight excluding hydrogens is 428 g/mol. The molecule has 6 heteroatoms. The summed E-state index contributed by atoms with van der Waals surface area (Å²) >= 11 is 0. The minimum atomic E-state index is -0.624. The smallest absolute Gasteiger partial charge is 0.261 e. The van der Waals surface area contributed by atoms with Crippen molar-refractivity contribution in [3.05, 3.63) is 59.7 Å². The molecule has 6 nitrogen and oxygen atoms in total. The van der Waals surface area contributed by atoms with Gasteiger partial charge in [-0.15, -0.1) is 0 Å². The van der Waals surface area contributed by atoms with Gasteiger partial charge in [0.2, 0.25) is 5.91 Å². The molecule has 2 aromatic rings. The second kappa shape index (κ2) is 11.4. The summed E-state index contributed by atoms with van der Waals surface area (Å²) in [4.78, 5) is 28.1. The molecular formula is C28H38N2O4. The number of amides is 2. The van der Waals surface area contributed by atoms with E-state index in [0.29, 0.717) is 18.0 Å². The summed E-state index contributed by atoms with van der Waals surface area (Å²) in [5, 5.41) is 3.13.